The van der Waals surface area contributed by atoms with Crippen LogP contribution in [0.1, 0.15) is 36.9 Å². The van der Waals surface area contributed by atoms with E-state index >= 15 is 0 Å². The summed E-state index contributed by atoms with van der Waals surface area (Å²) >= 11 is 0. The molecule has 0 aliphatic carbocycles. The highest BCUT2D eigenvalue weighted by molar-refractivity contribution is 5.82. The van der Waals surface area contributed by atoms with Crippen molar-refractivity contribution < 1.29 is 18.1 Å². The number of alkyl halides is 2. The number of aryl methyl sites for hydroxylation is 1. The van der Waals surface area contributed by atoms with Crippen molar-refractivity contribution in [2.45, 2.75) is 44.1 Å². The third kappa shape index (κ3) is 3.04. The SMILES string of the molecule is Cc1noc(C2CCCN(C(=O)C3CC(F)(F)CN3)C2)n1. The molecule has 0 radical (unpaired) electrons. The molecule has 2 atom stereocenters. The van der Waals surface area contributed by atoms with E-state index in [2.05, 4.69) is 15.5 Å². The van der Waals surface area contributed by atoms with E-state index in [1.807, 2.05) is 0 Å². The first-order valence-corrected chi connectivity index (χ1v) is 7.15. The van der Waals surface area contributed by atoms with Crippen LogP contribution in [0.3, 0.4) is 0 Å². The van der Waals surface area contributed by atoms with Crippen molar-refractivity contribution in [3.63, 3.8) is 0 Å². The van der Waals surface area contributed by atoms with Gasteiger partial charge in [-0.25, -0.2) is 8.78 Å². The fourth-order valence-corrected chi connectivity index (χ4v) is 2.97. The summed E-state index contributed by atoms with van der Waals surface area (Å²) in [6, 6.07) is -0.789. The maximum Gasteiger partial charge on any atom is 0.262 e. The molecule has 21 heavy (non-hydrogen) atoms. The Balaban J connectivity index is 1.64. The van der Waals surface area contributed by atoms with Crippen molar-refractivity contribution in [1.82, 2.24) is 20.4 Å². The monoisotopic (exact) mass is 300 g/mol. The second-order valence-corrected chi connectivity index (χ2v) is 5.80. The van der Waals surface area contributed by atoms with Crippen LogP contribution in [0.15, 0.2) is 4.52 Å². The van der Waals surface area contributed by atoms with Crippen LogP contribution in [-0.2, 0) is 4.79 Å². The number of nitrogens with zero attached hydrogens (tertiary/aromatic N) is 3. The van der Waals surface area contributed by atoms with E-state index in [1.165, 1.54) is 0 Å². The topological polar surface area (TPSA) is 71.3 Å². The molecule has 0 spiro atoms. The quantitative estimate of drug-likeness (QED) is 0.885. The summed E-state index contributed by atoms with van der Waals surface area (Å²) in [5.74, 6) is -1.97. The highest BCUT2D eigenvalue weighted by Crippen LogP contribution is 2.29. The number of hydrogen-bond acceptors (Lipinski definition) is 5. The summed E-state index contributed by atoms with van der Waals surface area (Å²) in [6.45, 7) is 2.35. The molecule has 8 heteroatoms. The summed E-state index contributed by atoms with van der Waals surface area (Å²) in [7, 11) is 0. The van der Waals surface area contributed by atoms with Gasteiger partial charge in [0.25, 0.3) is 5.92 Å². The van der Waals surface area contributed by atoms with Crippen LogP contribution in [0.4, 0.5) is 8.78 Å². The zero-order valence-electron chi connectivity index (χ0n) is 11.8. The Morgan fingerprint density at radius 3 is 2.95 bits per heavy atom. The highest BCUT2D eigenvalue weighted by Gasteiger charge is 2.44. The molecule has 6 nitrogen and oxygen atoms in total. The van der Waals surface area contributed by atoms with Gasteiger partial charge in [-0.15, -0.1) is 0 Å². The molecule has 116 valence electrons. The third-order valence-electron chi connectivity index (χ3n) is 4.03. The summed E-state index contributed by atoms with van der Waals surface area (Å²) in [5, 5.41) is 6.37. The van der Waals surface area contributed by atoms with E-state index in [9.17, 15) is 13.6 Å². The van der Waals surface area contributed by atoms with Gasteiger partial charge in [-0.3, -0.25) is 10.1 Å². The molecule has 1 N–H and O–H groups in total. The van der Waals surface area contributed by atoms with Gasteiger partial charge in [-0.1, -0.05) is 5.16 Å². The average molecular weight is 300 g/mol. The van der Waals surface area contributed by atoms with Crippen molar-refractivity contribution in [2.24, 2.45) is 0 Å². The Hall–Kier alpha value is -1.57. The van der Waals surface area contributed by atoms with Crippen LogP contribution in [0.2, 0.25) is 0 Å². The number of carbonyl (C=O) groups excluding carboxylic acids is 1. The average Bonchev–Trinajstić information content (AvgIpc) is 3.04. The number of nitrogens with one attached hydrogen (secondary N) is 1. The molecule has 2 aliphatic heterocycles. The highest BCUT2D eigenvalue weighted by atomic mass is 19.3. The molecule has 1 amide bonds. The van der Waals surface area contributed by atoms with Gasteiger partial charge in [0.2, 0.25) is 11.8 Å². The van der Waals surface area contributed by atoms with Crippen LogP contribution in [0, 0.1) is 6.92 Å². The predicted molar refractivity (Wildman–Crippen MR) is 68.9 cm³/mol. The molecule has 3 heterocycles. The van der Waals surface area contributed by atoms with Crippen LogP contribution in [0.25, 0.3) is 0 Å². The summed E-state index contributed by atoms with van der Waals surface area (Å²) < 4.78 is 31.6. The van der Waals surface area contributed by atoms with Gasteiger partial charge in [0.05, 0.1) is 18.5 Å². The van der Waals surface area contributed by atoms with Crippen molar-refractivity contribution in [3.05, 3.63) is 11.7 Å². The first-order chi connectivity index (χ1) is 9.94. The maximum atomic E-state index is 13.2. The predicted octanol–water partition coefficient (Wildman–Crippen LogP) is 1.08. The van der Waals surface area contributed by atoms with E-state index in [0.717, 1.165) is 12.8 Å². The lowest BCUT2D eigenvalue weighted by Gasteiger charge is -2.32. The number of halogens is 2. The van der Waals surface area contributed by atoms with Crippen molar-refractivity contribution in [1.29, 1.82) is 0 Å². The molecule has 2 unspecified atom stereocenters. The number of amides is 1. The second-order valence-electron chi connectivity index (χ2n) is 5.80. The minimum absolute atomic E-state index is 0.00851. The van der Waals surface area contributed by atoms with E-state index in [0.29, 0.717) is 24.8 Å². The van der Waals surface area contributed by atoms with Crippen molar-refractivity contribution in [2.75, 3.05) is 19.6 Å². The van der Waals surface area contributed by atoms with E-state index in [1.54, 1.807) is 11.8 Å². The van der Waals surface area contributed by atoms with Gasteiger partial charge >= 0.3 is 0 Å². The molecule has 1 aromatic heterocycles. The number of rotatable bonds is 2. The van der Waals surface area contributed by atoms with Crippen LogP contribution in [-0.4, -0.2) is 52.5 Å². The lowest BCUT2D eigenvalue weighted by Crippen LogP contribution is -2.47. The Labute approximate surface area is 120 Å². The normalized spacial score (nSPS) is 28.8. The molecule has 1 aromatic rings. The standard InChI is InChI=1S/C13H18F2N4O2/c1-8-17-11(21-18-8)9-3-2-4-19(6-9)12(20)10-5-13(14,15)7-16-10/h9-10,16H,2-7H2,1H3. The largest absolute Gasteiger partial charge is 0.341 e. The Morgan fingerprint density at radius 1 is 1.52 bits per heavy atom. The van der Waals surface area contributed by atoms with E-state index < -0.39 is 24.9 Å². The molecule has 0 bridgehead atoms. The Morgan fingerprint density at radius 2 is 2.33 bits per heavy atom. The van der Waals surface area contributed by atoms with Gasteiger partial charge < -0.3 is 9.42 Å². The molecule has 0 aromatic carbocycles. The van der Waals surface area contributed by atoms with Gasteiger partial charge in [0.1, 0.15) is 0 Å². The van der Waals surface area contributed by atoms with Gasteiger partial charge in [0.15, 0.2) is 5.82 Å². The van der Waals surface area contributed by atoms with Crippen LogP contribution in [0.5, 0.6) is 0 Å². The first kappa shape index (κ1) is 14.4. The summed E-state index contributed by atoms with van der Waals surface area (Å²) in [6.07, 6.45) is 1.24. The van der Waals surface area contributed by atoms with Gasteiger partial charge in [-0.2, -0.15) is 4.98 Å². The summed E-state index contributed by atoms with van der Waals surface area (Å²) in [5.41, 5.74) is 0. The molecular weight excluding hydrogens is 282 g/mol. The zero-order chi connectivity index (χ0) is 15.0. The molecule has 3 rings (SSSR count). The minimum atomic E-state index is -2.79. The second kappa shape index (κ2) is 5.32. The van der Waals surface area contributed by atoms with E-state index in [4.69, 9.17) is 4.52 Å². The number of hydrogen-bond donors (Lipinski definition) is 1. The lowest BCUT2D eigenvalue weighted by molar-refractivity contribution is -0.135. The fourth-order valence-electron chi connectivity index (χ4n) is 2.97. The Kier molecular flexibility index (Phi) is 3.64. The molecule has 2 saturated heterocycles. The molecule has 2 aliphatic rings. The minimum Gasteiger partial charge on any atom is -0.341 e. The lowest BCUT2D eigenvalue weighted by atomic mass is 9.97. The smallest absolute Gasteiger partial charge is 0.262 e. The van der Waals surface area contributed by atoms with Crippen LogP contribution < -0.4 is 5.32 Å². The maximum absolute atomic E-state index is 13.2. The summed E-state index contributed by atoms with van der Waals surface area (Å²) in [4.78, 5) is 18.2. The number of aromatic nitrogens is 2. The van der Waals surface area contributed by atoms with Crippen molar-refractivity contribution in [3.8, 4) is 0 Å². The fraction of sp³-hybridized carbons (Fsp3) is 0.769. The number of likely N-dealkylation sites (tertiary alicyclic amines) is 1. The van der Waals surface area contributed by atoms with Gasteiger partial charge in [0, 0.05) is 19.5 Å². The van der Waals surface area contributed by atoms with Crippen LogP contribution >= 0.6 is 0 Å². The number of piperidine rings is 1. The third-order valence-corrected chi connectivity index (χ3v) is 4.03. The molecule has 0 saturated carbocycles. The number of carbonyl (C=O) groups is 1. The molecular formula is C13H18F2N4O2. The van der Waals surface area contributed by atoms with Crippen molar-refractivity contribution >= 4 is 5.91 Å². The van der Waals surface area contributed by atoms with E-state index in [-0.39, 0.29) is 11.8 Å². The molecule has 2 fully saturated rings. The Bertz CT molecular complexity index is 534. The zero-order valence-corrected chi connectivity index (χ0v) is 11.8. The first-order valence-electron chi connectivity index (χ1n) is 7.15. The van der Waals surface area contributed by atoms with Gasteiger partial charge in [-0.05, 0) is 19.8 Å².